The number of benzene rings is 6. The molecule has 5 atom stereocenters. The first-order valence-electron chi connectivity index (χ1n) is 25.0. The number of aromatic nitrogens is 3. The predicted molar refractivity (Wildman–Crippen MR) is 279 cm³/mol. The maximum atomic E-state index is 15.8. The van der Waals surface area contributed by atoms with Crippen molar-refractivity contribution in [1.29, 1.82) is 0 Å². The van der Waals surface area contributed by atoms with Crippen LogP contribution in [0.2, 0.25) is 0 Å². The summed E-state index contributed by atoms with van der Waals surface area (Å²) in [5.74, 6) is -0.712. The van der Waals surface area contributed by atoms with Gasteiger partial charge in [0.05, 0.1) is 39.2 Å². The van der Waals surface area contributed by atoms with Crippen LogP contribution < -0.4 is 10.6 Å². The maximum Gasteiger partial charge on any atom is 0.419 e. The second-order valence-electron chi connectivity index (χ2n) is 21.0. The first-order chi connectivity index (χ1) is 35.3. The largest absolute Gasteiger partial charge is 0.449 e. The number of fused-ring (bicyclic) bond motifs is 17. The highest BCUT2D eigenvalue weighted by molar-refractivity contribution is 6.31. The molecule has 14 nitrogen and oxygen atoms in total. The van der Waals surface area contributed by atoms with Gasteiger partial charge in [0.2, 0.25) is 5.91 Å². The fourth-order valence-electron chi connectivity index (χ4n) is 12.9. The Morgan fingerprint density at radius 1 is 0.822 bits per heavy atom. The number of para-hydroxylation sites is 3. The predicted octanol–water partition coefficient (Wildman–Crippen LogP) is 10.5. The van der Waals surface area contributed by atoms with Gasteiger partial charge in [-0.3, -0.25) is 14.2 Å². The highest BCUT2D eigenvalue weighted by atomic mass is 16.6. The third-order valence-corrected chi connectivity index (χ3v) is 15.8. The summed E-state index contributed by atoms with van der Waals surface area (Å²) in [4.78, 5) is 59.6. The van der Waals surface area contributed by atoms with Gasteiger partial charge in [-0.1, -0.05) is 103 Å². The van der Waals surface area contributed by atoms with Crippen LogP contribution in [0.1, 0.15) is 78.9 Å². The number of hydrogen-bond acceptors (Lipinski definition) is 8. The van der Waals surface area contributed by atoms with E-state index in [0.29, 0.717) is 29.6 Å². The van der Waals surface area contributed by atoms with Gasteiger partial charge < -0.3 is 43.6 Å². The van der Waals surface area contributed by atoms with Crippen molar-refractivity contribution in [3.63, 3.8) is 0 Å². The van der Waals surface area contributed by atoms with E-state index < -0.39 is 53.8 Å². The monoisotopic (exact) mass is 974 g/mol. The minimum atomic E-state index is -1.22. The number of nitrogens with zero attached hydrogens (tertiary/aromatic N) is 4. The summed E-state index contributed by atoms with van der Waals surface area (Å²) in [5.41, 5.74) is 8.83. The summed E-state index contributed by atoms with van der Waals surface area (Å²) in [5, 5.41) is 10.7. The van der Waals surface area contributed by atoms with Gasteiger partial charge in [0.25, 0.3) is 5.91 Å². The van der Waals surface area contributed by atoms with Crippen molar-refractivity contribution in [2.24, 2.45) is 0 Å². The molecule has 1 aliphatic carbocycles. The van der Waals surface area contributed by atoms with E-state index >= 15 is 4.79 Å². The Morgan fingerprint density at radius 2 is 1.44 bits per heavy atom. The summed E-state index contributed by atoms with van der Waals surface area (Å²) in [6, 6.07) is 38.2. The summed E-state index contributed by atoms with van der Waals surface area (Å²) in [7, 11) is 3.40. The van der Waals surface area contributed by atoms with Gasteiger partial charge in [0.1, 0.15) is 30.6 Å². The summed E-state index contributed by atoms with van der Waals surface area (Å²) in [6.07, 6.45) is -0.701. The lowest BCUT2D eigenvalue weighted by Crippen LogP contribution is -2.63. The third-order valence-electron chi connectivity index (χ3n) is 15.8. The van der Waals surface area contributed by atoms with Gasteiger partial charge >= 0.3 is 12.2 Å². The number of carbonyl (C=O) groups is 4. The number of alkyl carbamates (subject to hydrolysis) is 1. The quantitative estimate of drug-likeness (QED) is 0.153. The number of amides is 3. The summed E-state index contributed by atoms with van der Waals surface area (Å²) in [6.45, 7) is 7.90. The molecule has 9 aromatic rings. The van der Waals surface area contributed by atoms with Crippen molar-refractivity contribution < 1.29 is 38.1 Å². The zero-order valence-corrected chi connectivity index (χ0v) is 41.4. The van der Waals surface area contributed by atoms with Crippen LogP contribution in [-0.2, 0) is 42.4 Å². The fraction of sp³-hybridized carbons (Fsp3) is 0.288. The standard InChI is InChI=1S/C59H54N6O8/c1-58(2,3)73-57(69)63-30-32(33-17-11-14-24-43(33)63)27-42(61-56(68)71-31-41-36-20-9-7-18-34(36)35-19-8-10-21-37(35)41)55(67)62(5)46-28-47-64-44-25-15-12-22-38(44)49-50-40(29-60-54(50)66)48-39-23-13-16-26-45(39)65(52(48)51(49)64)59(4,72-47)53(46)70-6/h7-26,30,41-42,46-47,53H,27-29,31H2,1-6H3,(H,60,66)(H,61,68). The van der Waals surface area contributed by atoms with E-state index in [1.165, 1.54) is 4.57 Å². The third kappa shape index (κ3) is 6.62. The van der Waals surface area contributed by atoms with Crippen LogP contribution >= 0.6 is 0 Å². The molecule has 1 saturated heterocycles. The average Bonchev–Trinajstić information content (AvgIpc) is 4.21. The lowest BCUT2D eigenvalue weighted by molar-refractivity contribution is -0.266. The Hall–Kier alpha value is -7.94. The Labute approximate surface area is 420 Å². The normalized spacial score (nSPS) is 20.3. The first-order valence-corrected chi connectivity index (χ1v) is 25.0. The Bertz CT molecular complexity index is 3800. The van der Waals surface area contributed by atoms with Crippen LogP contribution in [0.3, 0.4) is 0 Å². The van der Waals surface area contributed by atoms with Gasteiger partial charge in [-0.2, -0.15) is 0 Å². The Balaban J connectivity index is 0.912. The second-order valence-corrected chi connectivity index (χ2v) is 21.0. The van der Waals surface area contributed by atoms with Gasteiger partial charge in [-0.05, 0) is 79.3 Å². The number of carbonyl (C=O) groups excluding carboxylic acids is 4. The van der Waals surface area contributed by atoms with Crippen molar-refractivity contribution in [3.8, 4) is 11.1 Å². The van der Waals surface area contributed by atoms with Crippen LogP contribution in [0.15, 0.2) is 128 Å². The van der Waals surface area contributed by atoms with Crippen LogP contribution in [0.25, 0.3) is 65.6 Å². The van der Waals surface area contributed by atoms with Gasteiger partial charge in [-0.25, -0.2) is 9.59 Å². The summed E-state index contributed by atoms with van der Waals surface area (Å²) < 4.78 is 31.9. The van der Waals surface area contributed by atoms with Crippen molar-refractivity contribution >= 4 is 78.5 Å². The molecule has 0 spiro atoms. The number of hydrogen-bond donors (Lipinski definition) is 2. The SMILES string of the molecule is COC1C(N(C)C(=O)C(Cc2cn(C(=O)OC(C)(C)C)c3ccccc23)NC(=O)OCC2c3ccccc3-c3ccccc32)CC2OC1(C)n1c3ccccc3c3c4c(c5c6ccccc6n2c5c31)C(=O)NC4. The molecule has 3 aliphatic heterocycles. The number of methoxy groups -OCH3 is 1. The molecule has 368 valence electrons. The molecular weight excluding hydrogens is 921 g/mol. The van der Waals surface area contributed by atoms with Gasteiger partial charge in [0.15, 0.2) is 5.72 Å². The second kappa shape index (κ2) is 16.3. The molecule has 14 heteroatoms. The molecule has 3 amide bonds. The van der Waals surface area contributed by atoms with E-state index in [1.807, 2.05) is 100 Å². The van der Waals surface area contributed by atoms with Gasteiger partial charge in [-0.15, -0.1) is 0 Å². The molecule has 2 N–H and O–H groups in total. The molecule has 0 saturated carbocycles. The molecule has 6 heterocycles. The number of nitrogens with one attached hydrogen (secondary N) is 2. The lowest BCUT2D eigenvalue weighted by atomic mass is 9.91. The number of likely N-dealkylation sites (N-methyl/N-ethyl adjacent to an activating group) is 1. The van der Waals surface area contributed by atoms with Gasteiger partial charge in [0, 0.05) is 72.6 Å². The zero-order chi connectivity index (χ0) is 50.2. The Morgan fingerprint density at radius 3 is 2.12 bits per heavy atom. The zero-order valence-electron chi connectivity index (χ0n) is 41.4. The van der Waals surface area contributed by atoms with E-state index in [0.717, 1.165) is 76.8 Å². The molecule has 4 aliphatic rings. The van der Waals surface area contributed by atoms with Crippen LogP contribution in [0.4, 0.5) is 9.59 Å². The highest BCUT2D eigenvalue weighted by Gasteiger charge is 2.55. The topological polar surface area (TPSA) is 147 Å². The minimum Gasteiger partial charge on any atom is -0.449 e. The minimum absolute atomic E-state index is 0.00995. The number of rotatable bonds is 8. The molecule has 2 bridgehead atoms. The van der Waals surface area contributed by atoms with E-state index in [1.54, 1.807) is 25.3 Å². The average molecular weight is 975 g/mol. The van der Waals surface area contributed by atoms with E-state index in [4.69, 9.17) is 18.9 Å². The molecule has 13 rings (SSSR count). The molecule has 6 aromatic carbocycles. The lowest BCUT2D eigenvalue weighted by Gasteiger charge is -2.50. The van der Waals surface area contributed by atoms with Crippen LogP contribution in [-0.4, -0.2) is 87.2 Å². The van der Waals surface area contributed by atoms with Crippen molar-refractivity contribution in [3.05, 3.63) is 155 Å². The van der Waals surface area contributed by atoms with Crippen LogP contribution in [0, 0.1) is 0 Å². The maximum absolute atomic E-state index is 15.8. The van der Waals surface area contributed by atoms with Crippen molar-refractivity contribution in [2.75, 3.05) is 20.8 Å². The molecule has 1 fully saturated rings. The molecule has 73 heavy (non-hydrogen) atoms. The van der Waals surface area contributed by atoms with E-state index in [2.05, 4.69) is 68.3 Å². The highest BCUT2D eigenvalue weighted by Crippen LogP contribution is 2.54. The smallest absolute Gasteiger partial charge is 0.419 e. The fourth-order valence-corrected chi connectivity index (χ4v) is 12.9. The van der Waals surface area contributed by atoms with Crippen molar-refractivity contribution in [2.45, 2.75) is 88.7 Å². The van der Waals surface area contributed by atoms with Crippen LogP contribution in [0.5, 0.6) is 0 Å². The van der Waals surface area contributed by atoms with E-state index in [9.17, 15) is 14.4 Å². The molecular formula is C59H54N6O8. The summed E-state index contributed by atoms with van der Waals surface area (Å²) >= 11 is 0. The first kappa shape index (κ1) is 45.0. The number of ether oxygens (including phenoxy) is 4. The molecule has 5 unspecified atom stereocenters. The van der Waals surface area contributed by atoms with Crippen molar-refractivity contribution in [1.82, 2.24) is 29.2 Å². The molecule has 3 aromatic heterocycles. The molecule has 0 radical (unpaired) electrons. The Kier molecular flexibility index (Phi) is 10.0. The van der Waals surface area contributed by atoms with E-state index in [-0.39, 0.29) is 24.9 Å².